The predicted molar refractivity (Wildman–Crippen MR) is 41.9 cm³/mol. The fourth-order valence-corrected chi connectivity index (χ4v) is 1.86. The first kappa shape index (κ1) is 7.55. The molecular formula is C7H13BrO. The van der Waals surface area contributed by atoms with Crippen molar-refractivity contribution < 1.29 is 4.74 Å². The second-order valence-electron chi connectivity index (χ2n) is 2.55. The Hall–Kier alpha value is 0.440. The lowest BCUT2D eigenvalue weighted by Gasteiger charge is -2.26. The van der Waals surface area contributed by atoms with Crippen LogP contribution in [0.15, 0.2) is 0 Å². The molecule has 0 aromatic heterocycles. The minimum Gasteiger partial charge on any atom is -0.381 e. The molecule has 1 aliphatic rings. The summed E-state index contributed by atoms with van der Waals surface area (Å²) in [6.07, 6.45) is 2.41. The fourth-order valence-electron chi connectivity index (χ4n) is 1.14. The Morgan fingerprint density at radius 3 is 2.89 bits per heavy atom. The van der Waals surface area contributed by atoms with E-state index in [1.807, 2.05) is 0 Å². The summed E-state index contributed by atoms with van der Waals surface area (Å²) in [6.45, 7) is 4.10. The highest BCUT2D eigenvalue weighted by Crippen LogP contribution is 2.24. The normalized spacial score (nSPS) is 36.7. The highest BCUT2D eigenvalue weighted by Gasteiger charge is 2.20. The van der Waals surface area contributed by atoms with E-state index in [9.17, 15) is 0 Å². The molecule has 2 heteroatoms. The van der Waals surface area contributed by atoms with Gasteiger partial charge in [0.05, 0.1) is 6.61 Å². The molecule has 1 fully saturated rings. The molecule has 0 aromatic rings. The molecule has 0 aromatic carbocycles. The molecular weight excluding hydrogens is 180 g/mol. The van der Waals surface area contributed by atoms with E-state index in [0.717, 1.165) is 19.1 Å². The number of hydrogen-bond donors (Lipinski definition) is 0. The quantitative estimate of drug-likeness (QED) is 0.580. The van der Waals surface area contributed by atoms with Crippen molar-refractivity contribution in [3.05, 3.63) is 0 Å². The maximum atomic E-state index is 5.31. The lowest BCUT2D eigenvalue weighted by atomic mass is 10.00. The molecule has 1 aliphatic heterocycles. The minimum absolute atomic E-state index is 0.705. The topological polar surface area (TPSA) is 9.23 Å². The Morgan fingerprint density at radius 2 is 2.44 bits per heavy atom. The number of alkyl halides is 1. The summed E-state index contributed by atoms with van der Waals surface area (Å²) in [5.74, 6) is 0.749. The van der Waals surface area contributed by atoms with Gasteiger partial charge < -0.3 is 4.74 Å². The number of ether oxygens (including phenoxy) is 1. The summed E-state index contributed by atoms with van der Waals surface area (Å²) in [7, 11) is 0. The van der Waals surface area contributed by atoms with E-state index in [4.69, 9.17) is 4.74 Å². The van der Waals surface area contributed by atoms with Crippen LogP contribution in [0.2, 0.25) is 0 Å². The van der Waals surface area contributed by atoms with E-state index in [-0.39, 0.29) is 0 Å². The number of rotatable bonds is 1. The maximum absolute atomic E-state index is 5.31. The van der Waals surface area contributed by atoms with Crippen molar-refractivity contribution in [3.63, 3.8) is 0 Å². The molecule has 0 unspecified atom stereocenters. The third-order valence-electron chi connectivity index (χ3n) is 1.91. The van der Waals surface area contributed by atoms with Gasteiger partial charge in [0.25, 0.3) is 0 Å². The van der Waals surface area contributed by atoms with E-state index < -0.39 is 0 Å². The Kier molecular flexibility index (Phi) is 2.99. The molecule has 0 saturated carbocycles. The van der Waals surface area contributed by atoms with Gasteiger partial charge >= 0.3 is 0 Å². The third-order valence-corrected chi connectivity index (χ3v) is 3.11. The number of halogens is 1. The SMILES string of the molecule is CC[C@H]1COCC[C@H]1Br. The van der Waals surface area contributed by atoms with Gasteiger partial charge in [0.2, 0.25) is 0 Å². The van der Waals surface area contributed by atoms with Crippen LogP contribution in [0.4, 0.5) is 0 Å². The van der Waals surface area contributed by atoms with E-state index >= 15 is 0 Å². The molecule has 54 valence electrons. The molecule has 0 spiro atoms. The largest absolute Gasteiger partial charge is 0.381 e. The van der Waals surface area contributed by atoms with Crippen LogP contribution in [0.5, 0.6) is 0 Å². The van der Waals surface area contributed by atoms with Crippen LogP contribution in [-0.4, -0.2) is 18.0 Å². The maximum Gasteiger partial charge on any atom is 0.0504 e. The standard InChI is InChI=1S/C7H13BrO/c1-2-6-5-9-4-3-7(6)8/h6-7H,2-5H2,1H3/t6-,7+/m0/s1. The van der Waals surface area contributed by atoms with Crippen molar-refractivity contribution in [3.8, 4) is 0 Å². The molecule has 2 atom stereocenters. The first-order valence-corrected chi connectivity index (χ1v) is 4.48. The summed E-state index contributed by atoms with van der Waals surface area (Å²) in [6, 6.07) is 0. The highest BCUT2D eigenvalue weighted by molar-refractivity contribution is 9.09. The number of hydrogen-bond acceptors (Lipinski definition) is 1. The fraction of sp³-hybridized carbons (Fsp3) is 1.00. The van der Waals surface area contributed by atoms with Gasteiger partial charge in [-0.1, -0.05) is 29.3 Å². The molecule has 0 amide bonds. The van der Waals surface area contributed by atoms with Crippen molar-refractivity contribution >= 4 is 15.9 Å². The molecule has 0 aliphatic carbocycles. The summed E-state index contributed by atoms with van der Waals surface area (Å²) in [4.78, 5) is 0.705. The van der Waals surface area contributed by atoms with Gasteiger partial charge in [-0.15, -0.1) is 0 Å². The van der Waals surface area contributed by atoms with Gasteiger partial charge in [0.15, 0.2) is 0 Å². The van der Waals surface area contributed by atoms with Crippen molar-refractivity contribution in [2.24, 2.45) is 5.92 Å². The first-order valence-electron chi connectivity index (χ1n) is 3.56. The Balaban J connectivity index is 2.30. The van der Waals surface area contributed by atoms with E-state index in [2.05, 4.69) is 22.9 Å². The minimum atomic E-state index is 0.705. The summed E-state index contributed by atoms with van der Waals surface area (Å²) in [5, 5.41) is 0. The van der Waals surface area contributed by atoms with Crippen LogP contribution >= 0.6 is 15.9 Å². The predicted octanol–water partition coefficient (Wildman–Crippen LogP) is 2.20. The molecule has 1 heterocycles. The molecule has 9 heavy (non-hydrogen) atoms. The Bertz CT molecular complexity index is 85.0. The zero-order valence-corrected chi connectivity index (χ0v) is 7.36. The molecule has 1 rings (SSSR count). The Labute approximate surface area is 64.9 Å². The lowest BCUT2D eigenvalue weighted by molar-refractivity contribution is 0.0591. The molecule has 0 bridgehead atoms. The van der Waals surface area contributed by atoms with Crippen LogP contribution in [0.1, 0.15) is 19.8 Å². The van der Waals surface area contributed by atoms with E-state index in [0.29, 0.717) is 4.83 Å². The van der Waals surface area contributed by atoms with Gasteiger partial charge in [0, 0.05) is 11.4 Å². The van der Waals surface area contributed by atoms with Crippen molar-refractivity contribution in [2.45, 2.75) is 24.6 Å². The first-order chi connectivity index (χ1) is 4.34. The molecule has 1 saturated heterocycles. The van der Waals surface area contributed by atoms with Gasteiger partial charge in [-0.3, -0.25) is 0 Å². The highest BCUT2D eigenvalue weighted by atomic mass is 79.9. The smallest absolute Gasteiger partial charge is 0.0504 e. The average molecular weight is 193 g/mol. The van der Waals surface area contributed by atoms with Crippen LogP contribution < -0.4 is 0 Å². The lowest BCUT2D eigenvalue weighted by Crippen LogP contribution is -2.26. The van der Waals surface area contributed by atoms with Gasteiger partial charge in [-0.25, -0.2) is 0 Å². The summed E-state index contributed by atoms with van der Waals surface area (Å²) >= 11 is 3.63. The summed E-state index contributed by atoms with van der Waals surface area (Å²) in [5.41, 5.74) is 0. The third kappa shape index (κ3) is 1.94. The average Bonchev–Trinajstić information content (AvgIpc) is 1.89. The van der Waals surface area contributed by atoms with Crippen LogP contribution in [0, 0.1) is 5.92 Å². The molecule has 1 nitrogen and oxygen atoms in total. The van der Waals surface area contributed by atoms with Crippen molar-refractivity contribution in [1.29, 1.82) is 0 Å². The van der Waals surface area contributed by atoms with Crippen LogP contribution in [-0.2, 0) is 4.74 Å². The zero-order valence-electron chi connectivity index (χ0n) is 5.77. The van der Waals surface area contributed by atoms with Crippen molar-refractivity contribution in [2.75, 3.05) is 13.2 Å². The van der Waals surface area contributed by atoms with Gasteiger partial charge in [-0.2, -0.15) is 0 Å². The second kappa shape index (κ2) is 3.57. The van der Waals surface area contributed by atoms with Crippen LogP contribution in [0.25, 0.3) is 0 Å². The van der Waals surface area contributed by atoms with E-state index in [1.54, 1.807) is 0 Å². The monoisotopic (exact) mass is 192 g/mol. The summed E-state index contributed by atoms with van der Waals surface area (Å²) < 4.78 is 5.31. The van der Waals surface area contributed by atoms with Gasteiger partial charge in [-0.05, 0) is 12.3 Å². The van der Waals surface area contributed by atoms with Crippen molar-refractivity contribution in [1.82, 2.24) is 0 Å². The second-order valence-corrected chi connectivity index (χ2v) is 3.72. The van der Waals surface area contributed by atoms with Crippen LogP contribution in [0.3, 0.4) is 0 Å². The van der Waals surface area contributed by atoms with Gasteiger partial charge in [0.1, 0.15) is 0 Å². The molecule has 0 N–H and O–H groups in total. The zero-order chi connectivity index (χ0) is 6.69. The molecule has 0 radical (unpaired) electrons. The van der Waals surface area contributed by atoms with E-state index in [1.165, 1.54) is 12.8 Å². The Morgan fingerprint density at radius 1 is 1.67 bits per heavy atom.